The summed E-state index contributed by atoms with van der Waals surface area (Å²) in [7, 11) is -1.60. The van der Waals surface area contributed by atoms with Crippen molar-refractivity contribution in [1.29, 1.82) is 0 Å². The van der Waals surface area contributed by atoms with Gasteiger partial charge in [0.2, 0.25) is 10.0 Å². The summed E-state index contributed by atoms with van der Waals surface area (Å²) in [4.78, 5) is 0.291. The van der Waals surface area contributed by atoms with Crippen molar-refractivity contribution in [2.75, 3.05) is 18.6 Å². The van der Waals surface area contributed by atoms with Crippen LogP contribution in [0.3, 0.4) is 0 Å². The molecule has 0 aliphatic carbocycles. The number of nitrogens with one attached hydrogen (secondary N) is 1. The fourth-order valence-electron chi connectivity index (χ4n) is 1.76. The third-order valence-electron chi connectivity index (χ3n) is 2.92. The summed E-state index contributed by atoms with van der Waals surface area (Å²) in [5.41, 5.74) is 6.34. The van der Waals surface area contributed by atoms with E-state index < -0.39 is 10.0 Å². The van der Waals surface area contributed by atoms with Gasteiger partial charge in [-0.1, -0.05) is 6.42 Å². The molecule has 1 heterocycles. The average Bonchev–Trinajstić information content (AvgIpc) is 2.76. The summed E-state index contributed by atoms with van der Waals surface area (Å²) in [6.07, 6.45) is 6.72. The Balaban J connectivity index is 2.47. The smallest absolute Gasteiger partial charge is 0.242 e. The van der Waals surface area contributed by atoms with Crippen molar-refractivity contribution in [2.45, 2.75) is 30.7 Å². The largest absolute Gasteiger partial charge is 0.352 e. The second-order valence-corrected chi connectivity index (χ2v) is 7.19. The molecule has 0 bridgehead atoms. The molecule has 3 N–H and O–H groups in total. The SMILES string of the molecule is CSCCCCCNS(=O)(=O)c1cc(CN)n(C)c1. The maximum absolute atomic E-state index is 12.0. The first-order valence-corrected chi connectivity index (χ1v) is 9.23. The molecule has 0 saturated carbocycles. The number of aryl methyl sites for hydroxylation is 1. The van der Waals surface area contributed by atoms with Gasteiger partial charge < -0.3 is 10.3 Å². The number of aromatic nitrogens is 1. The van der Waals surface area contributed by atoms with Gasteiger partial charge in [0.25, 0.3) is 0 Å². The van der Waals surface area contributed by atoms with Crippen LogP contribution in [0.25, 0.3) is 0 Å². The standard InChI is InChI=1S/C12H23N3O2S2/c1-15-10-12(8-11(15)9-13)19(16,17)14-6-4-3-5-7-18-2/h8,10,14H,3-7,9,13H2,1-2H3. The van der Waals surface area contributed by atoms with Crippen molar-refractivity contribution in [3.63, 3.8) is 0 Å². The van der Waals surface area contributed by atoms with Crippen LogP contribution in [-0.2, 0) is 23.6 Å². The van der Waals surface area contributed by atoms with Crippen molar-refractivity contribution < 1.29 is 8.42 Å². The van der Waals surface area contributed by atoms with Crippen molar-refractivity contribution in [3.05, 3.63) is 18.0 Å². The summed E-state index contributed by atoms with van der Waals surface area (Å²) >= 11 is 1.82. The third-order valence-corrected chi connectivity index (χ3v) is 5.04. The zero-order valence-electron chi connectivity index (χ0n) is 11.6. The van der Waals surface area contributed by atoms with E-state index in [-0.39, 0.29) is 0 Å². The minimum absolute atomic E-state index is 0.291. The van der Waals surface area contributed by atoms with Crippen molar-refractivity contribution in [2.24, 2.45) is 12.8 Å². The zero-order chi connectivity index (χ0) is 14.3. The lowest BCUT2D eigenvalue weighted by molar-refractivity contribution is 0.576. The summed E-state index contributed by atoms with van der Waals surface area (Å²) in [5.74, 6) is 1.13. The van der Waals surface area contributed by atoms with Gasteiger partial charge in [0.05, 0.1) is 4.90 Å². The van der Waals surface area contributed by atoms with Gasteiger partial charge in [-0.15, -0.1) is 0 Å². The molecule has 0 unspecified atom stereocenters. The summed E-state index contributed by atoms with van der Waals surface area (Å²) in [6.45, 7) is 0.824. The van der Waals surface area contributed by atoms with E-state index in [0.717, 1.165) is 30.7 Å². The number of nitrogens with two attached hydrogens (primary N) is 1. The lowest BCUT2D eigenvalue weighted by atomic mass is 10.2. The van der Waals surface area contributed by atoms with Gasteiger partial charge in [-0.3, -0.25) is 0 Å². The number of thioether (sulfide) groups is 1. The Kier molecular flexibility index (Phi) is 6.92. The Morgan fingerprint density at radius 1 is 1.37 bits per heavy atom. The Hall–Kier alpha value is -0.500. The first kappa shape index (κ1) is 16.6. The van der Waals surface area contributed by atoms with Crippen LogP contribution in [0.2, 0.25) is 0 Å². The fraction of sp³-hybridized carbons (Fsp3) is 0.667. The van der Waals surface area contributed by atoms with Gasteiger partial charge in [0.15, 0.2) is 0 Å². The summed E-state index contributed by atoms with van der Waals surface area (Å²) < 4.78 is 28.4. The van der Waals surface area contributed by atoms with E-state index >= 15 is 0 Å². The molecule has 0 fully saturated rings. The lowest BCUT2D eigenvalue weighted by Crippen LogP contribution is -2.24. The normalized spacial score (nSPS) is 11.9. The molecule has 0 saturated heterocycles. The highest BCUT2D eigenvalue weighted by Gasteiger charge is 2.16. The van der Waals surface area contributed by atoms with Crippen LogP contribution >= 0.6 is 11.8 Å². The van der Waals surface area contributed by atoms with Crippen molar-refractivity contribution >= 4 is 21.8 Å². The van der Waals surface area contributed by atoms with E-state index in [1.807, 2.05) is 11.8 Å². The van der Waals surface area contributed by atoms with Gasteiger partial charge in [-0.2, -0.15) is 11.8 Å². The van der Waals surface area contributed by atoms with E-state index in [9.17, 15) is 8.42 Å². The molecule has 0 aliphatic rings. The molecule has 0 aromatic carbocycles. The molecule has 0 spiro atoms. The number of rotatable bonds is 9. The van der Waals surface area contributed by atoms with Crippen LogP contribution in [0, 0.1) is 0 Å². The highest BCUT2D eigenvalue weighted by molar-refractivity contribution is 7.98. The predicted molar refractivity (Wildman–Crippen MR) is 80.7 cm³/mol. The average molecular weight is 305 g/mol. The Morgan fingerprint density at radius 2 is 2.11 bits per heavy atom. The molecule has 0 radical (unpaired) electrons. The predicted octanol–water partition coefficient (Wildman–Crippen LogP) is 1.30. The van der Waals surface area contributed by atoms with Crippen molar-refractivity contribution in [3.8, 4) is 0 Å². The first-order chi connectivity index (χ1) is 9.01. The molecule has 0 atom stereocenters. The minimum Gasteiger partial charge on any atom is -0.352 e. The third kappa shape index (κ3) is 5.18. The van der Waals surface area contributed by atoms with Gasteiger partial charge >= 0.3 is 0 Å². The topological polar surface area (TPSA) is 77.1 Å². The molecule has 110 valence electrons. The Bertz CT molecular complexity index is 483. The fourth-order valence-corrected chi connectivity index (χ4v) is 3.43. The number of unbranched alkanes of at least 4 members (excludes halogenated alkanes) is 2. The number of hydrogen-bond acceptors (Lipinski definition) is 4. The Morgan fingerprint density at radius 3 is 2.68 bits per heavy atom. The van der Waals surface area contributed by atoms with Crippen LogP contribution in [0.5, 0.6) is 0 Å². The Labute approximate surface area is 120 Å². The maximum atomic E-state index is 12.0. The van der Waals surface area contributed by atoms with Crippen LogP contribution in [0.1, 0.15) is 25.0 Å². The van der Waals surface area contributed by atoms with Gasteiger partial charge in [0.1, 0.15) is 0 Å². The number of sulfonamides is 1. The molecule has 5 nitrogen and oxygen atoms in total. The highest BCUT2D eigenvalue weighted by atomic mass is 32.2. The number of nitrogens with zero attached hydrogens (tertiary/aromatic N) is 1. The second kappa shape index (κ2) is 7.94. The van der Waals surface area contributed by atoms with Crippen LogP contribution in [0.15, 0.2) is 17.2 Å². The molecular formula is C12H23N3O2S2. The molecular weight excluding hydrogens is 282 g/mol. The molecule has 7 heteroatoms. The molecule has 1 rings (SSSR count). The van der Waals surface area contributed by atoms with E-state index in [2.05, 4.69) is 11.0 Å². The first-order valence-electron chi connectivity index (χ1n) is 6.35. The van der Waals surface area contributed by atoms with Gasteiger partial charge in [0, 0.05) is 32.0 Å². The van der Waals surface area contributed by atoms with E-state index in [1.165, 1.54) is 0 Å². The second-order valence-electron chi connectivity index (χ2n) is 4.43. The molecule has 1 aromatic heterocycles. The molecule has 19 heavy (non-hydrogen) atoms. The van der Waals surface area contributed by atoms with Crippen LogP contribution < -0.4 is 10.5 Å². The van der Waals surface area contributed by atoms with E-state index in [0.29, 0.717) is 18.0 Å². The zero-order valence-corrected chi connectivity index (χ0v) is 13.2. The molecule has 1 aromatic rings. The minimum atomic E-state index is -3.40. The van der Waals surface area contributed by atoms with Gasteiger partial charge in [-0.05, 0) is 30.9 Å². The monoisotopic (exact) mass is 305 g/mol. The van der Waals surface area contributed by atoms with Gasteiger partial charge in [-0.25, -0.2) is 13.1 Å². The quantitative estimate of drug-likeness (QED) is 0.674. The lowest BCUT2D eigenvalue weighted by Gasteiger charge is -2.04. The van der Waals surface area contributed by atoms with E-state index in [4.69, 9.17) is 5.73 Å². The summed E-state index contributed by atoms with van der Waals surface area (Å²) in [6, 6.07) is 1.62. The van der Waals surface area contributed by atoms with Crippen molar-refractivity contribution in [1.82, 2.24) is 9.29 Å². The number of hydrogen-bond donors (Lipinski definition) is 2. The van der Waals surface area contributed by atoms with Crippen LogP contribution in [0.4, 0.5) is 0 Å². The summed E-state index contributed by atoms with van der Waals surface area (Å²) in [5, 5.41) is 0. The molecule has 0 aliphatic heterocycles. The molecule has 0 amide bonds. The van der Waals surface area contributed by atoms with Crippen LogP contribution in [-0.4, -0.2) is 31.5 Å². The van der Waals surface area contributed by atoms with E-state index in [1.54, 1.807) is 23.9 Å². The maximum Gasteiger partial charge on any atom is 0.242 e. The highest BCUT2D eigenvalue weighted by Crippen LogP contribution is 2.13.